The minimum atomic E-state index is 0.144. The number of hydrogen-bond acceptors (Lipinski definition) is 4. The number of nitrogens with one attached hydrogen (secondary N) is 1. The van der Waals surface area contributed by atoms with Gasteiger partial charge in [0.25, 0.3) is 0 Å². The third kappa shape index (κ3) is 3.72. The molecule has 98 valence electrons. The van der Waals surface area contributed by atoms with Crippen LogP contribution in [0.15, 0.2) is 23.3 Å². The Kier molecular flexibility index (Phi) is 4.56. The zero-order chi connectivity index (χ0) is 12.8. The van der Waals surface area contributed by atoms with E-state index in [0.29, 0.717) is 0 Å². The summed E-state index contributed by atoms with van der Waals surface area (Å²) in [7, 11) is 0. The molecule has 18 heavy (non-hydrogen) atoms. The van der Waals surface area contributed by atoms with Crippen molar-refractivity contribution in [2.45, 2.75) is 45.8 Å². The topological polar surface area (TPSA) is 46.5 Å². The van der Waals surface area contributed by atoms with E-state index in [1.165, 1.54) is 12.8 Å². The summed E-state index contributed by atoms with van der Waals surface area (Å²) in [6, 6.07) is 3.98. The second-order valence-corrected chi connectivity index (χ2v) is 4.77. The van der Waals surface area contributed by atoms with E-state index < -0.39 is 0 Å². The van der Waals surface area contributed by atoms with Crippen molar-refractivity contribution in [3.63, 3.8) is 0 Å². The molecule has 1 aromatic heterocycles. The maximum Gasteiger partial charge on any atom is 0.218 e. The molecule has 0 aliphatic carbocycles. The van der Waals surface area contributed by atoms with Gasteiger partial charge >= 0.3 is 0 Å². The van der Waals surface area contributed by atoms with Crippen LogP contribution in [0.2, 0.25) is 0 Å². The molecule has 0 bridgehead atoms. The number of aromatic nitrogens is 1. The first kappa shape index (κ1) is 12.9. The first-order valence-electron chi connectivity index (χ1n) is 6.63. The molecule has 0 unspecified atom stereocenters. The van der Waals surface area contributed by atoms with Gasteiger partial charge in [-0.15, -0.1) is 0 Å². The zero-order valence-corrected chi connectivity index (χ0v) is 11.1. The highest BCUT2D eigenvalue weighted by Gasteiger charge is 2.09. The predicted octanol–water partition coefficient (Wildman–Crippen LogP) is 2.54. The minimum Gasteiger partial charge on any atom is -0.475 e. The SMILES string of the molecule is CC(C)Oc1ncccc1CNC1=NCCCC1. The van der Waals surface area contributed by atoms with Gasteiger partial charge in [0.1, 0.15) is 0 Å². The fraction of sp³-hybridized carbons (Fsp3) is 0.571. The Morgan fingerprint density at radius 3 is 3.00 bits per heavy atom. The number of hydrogen-bond donors (Lipinski definition) is 1. The number of amidine groups is 1. The third-order valence-corrected chi connectivity index (χ3v) is 2.80. The zero-order valence-electron chi connectivity index (χ0n) is 11.1. The number of pyridine rings is 1. The van der Waals surface area contributed by atoms with E-state index in [2.05, 4.69) is 15.3 Å². The van der Waals surface area contributed by atoms with Crippen LogP contribution in [0.4, 0.5) is 0 Å². The number of rotatable bonds is 4. The van der Waals surface area contributed by atoms with Crippen LogP contribution in [0.5, 0.6) is 5.88 Å². The molecular weight excluding hydrogens is 226 g/mol. The lowest BCUT2D eigenvalue weighted by molar-refractivity contribution is 0.230. The van der Waals surface area contributed by atoms with Crippen molar-refractivity contribution in [2.24, 2.45) is 4.99 Å². The Morgan fingerprint density at radius 1 is 1.39 bits per heavy atom. The summed E-state index contributed by atoms with van der Waals surface area (Å²) in [6.45, 7) is 5.70. The summed E-state index contributed by atoms with van der Waals surface area (Å²) in [5.74, 6) is 1.83. The molecule has 0 aromatic carbocycles. The van der Waals surface area contributed by atoms with Gasteiger partial charge in [-0.25, -0.2) is 4.98 Å². The largest absolute Gasteiger partial charge is 0.475 e. The molecule has 0 amide bonds. The van der Waals surface area contributed by atoms with Crippen LogP contribution in [-0.4, -0.2) is 23.5 Å². The molecule has 1 N–H and O–H groups in total. The molecule has 0 radical (unpaired) electrons. The summed E-state index contributed by atoms with van der Waals surface area (Å²) >= 11 is 0. The molecule has 4 nitrogen and oxygen atoms in total. The summed E-state index contributed by atoms with van der Waals surface area (Å²) < 4.78 is 5.69. The van der Waals surface area contributed by atoms with Crippen LogP contribution in [0.1, 0.15) is 38.7 Å². The predicted molar refractivity (Wildman–Crippen MR) is 73.0 cm³/mol. The van der Waals surface area contributed by atoms with Gasteiger partial charge in [0.2, 0.25) is 5.88 Å². The van der Waals surface area contributed by atoms with Gasteiger partial charge in [0.15, 0.2) is 0 Å². The van der Waals surface area contributed by atoms with Crippen molar-refractivity contribution in [1.82, 2.24) is 10.3 Å². The van der Waals surface area contributed by atoms with Gasteiger partial charge in [0.05, 0.1) is 11.9 Å². The second kappa shape index (κ2) is 6.38. The molecule has 1 aliphatic rings. The van der Waals surface area contributed by atoms with Crippen molar-refractivity contribution in [1.29, 1.82) is 0 Å². The van der Waals surface area contributed by atoms with E-state index in [1.54, 1.807) is 6.20 Å². The highest BCUT2D eigenvalue weighted by Crippen LogP contribution is 2.16. The van der Waals surface area contributed by atoms with Gasteiger partial charge in [-0.1, -0.05) is 6.07 Å². The summed E-state index contributed by atoms with van der Waals surface area (Å²) in [6.07, 6.45) is 5.40. The minimum absolute atomic E-state index is 0.144. The van der Waals surface area contributed by atoms with Gasteiger partial charge in [-0.2, -0.15) is 0 Å². The van der Waals surface area contributed by atoms with E-state index >= 15 is 0 Å². The third-order valence-electron chi connectivity index (χ3n) is 2.80. The lowest BCUT2D eigenvalue weighted by Gasteiger charge is -2.16. The summed E-state index contributed by atoms with van der Waals surface area (Å²) in [5.41, 5.74) is 1.08. The van der Waals surface area contributed by atoms with Crippen LogP contribution in [-0.2, 0) is 6.54 Å². The van der Waals surface area contributed by atoms with Crippen molar-refractivity contribution in [3.8, 4) is 5.88 Å². The maximum absolute atomic E-state index is 5.69. The highest BCUT2D eigenvalue weighted by molar-refractivity contribution is 5.82. The molecule has 4 heteroatoms. The molecule has 0 fully saturated rings. The Hall–Kier alpha value is -1.58. The van der Waals surface area contributed by atoms with Crippen LogP contribution < -0.4 is 10.1 Å². The Balaban J connectivity index is 1.97. The van der Waals surface area contributed by atoms with Gasteiger partial charge in [0, 0.05) is 31.3 Å². The van der Waals surface area contributed by atoms with Crippen molar-refractivity contribution in [2.75, 3.05) is 6.54 Å². The lowest BCUT2D eigenvalue weighted by Crippen LogP contribution is -2.25. The van der Waals surface area contributed by atoms with E-state index in [4.69, 9.17) is 4.74 Å². The van der Waals surface area contributed by atoms with Gasteiger partial charge < -0.3 is 10.1 Å². The van der Waals surface area contributed by atoms with E-state index in [0.717, 1.165) is 36.8 Å². The number of nitrogens with zero attached hydrogens (tertiary/aromatic N) is 2. The smallest absolute Gasteiger partial charge is 0.218 e. The summed E-state index contributed by atoms with van der Waals surface area (Å²) in [5, 5.41) is 3.38. The van der Waals surface area contributed by atoms with Crippen molar-refractivity contribution in [3.05, 3.63) is 23.9 Å². The summed E-state index contributed by atoms with van der Waals surface area (Å²) in [4.78, 5) is 8.76. The average molecular weight is 247 g/mol. The molecule has 2 rings (SSSR count). The average Bonchev–Trinajstić information content (AvgIpc) is 2.38. The molecule has 0 saturated heterocycles. The highest BCUT2D eigenvalue weighted by atomic mass is 16.5. The van der Waals surface area contributed by atoms with Crippen molar-refractivity contribution >= 4 is 5.84 Å². The first-order chi connectivity index (χ1) is 8.75. The standard InChI is InChI=1S/C14H21N3O/c1-11(2)18-14-12(6-5-9-16-14)10-17-13-7-3-4-8-15-13/h5-6,9,11H,3-4,7-8,10H2,1-2H3,(H,15,17). The van der Waals surface area contributed by atoms with Gasteiger partial charge in [-0.3, -0.25) is 4.99 Å². The Labute approximate surface area is 108 Å². The van der Waals surface area contributed by atoms with Crippen LogP contribution >= 0.6 is 0 Å². The van der Waals surface area contributed by atoms with Crippen LogP contribution in [0, 0.1) is 0 Å². The lowest BCUT2D eigenvalue weighted by atomic mass is 10.2. The fourth-order valence-corrected chi connectivity index (χ4v) is 1.93. The Bertz CT molecular complexity index is 415. The maximum atomic E-state index is 5.69. The quantitative estimate of drug-likeness (QED) is 0.889. The molecule has 1 aliphatic heterocycles. The molecule has 0 saturated carbocycles. The monoisotopic (exact) mass is 247 g/mol. The van der Waals surface area contributed by atoms with Crippen LogP contribution in [0.25, 0.3) is 0 Å². The van der Waals surface area contributed by atoms with E-state index in [-0.39, 0.29) is 6.10 Å². The fourth-order valence-electron chi connectivity index (χ4n) is 1.93. The normalized spacial score (nSPS) is 15.4. The Morgan fingerprint density at radius 2 is 2.28 bits per heavy atom. The van der Waals surface area contributed by atoms with Gasteiger partial charge in [-0.05, 0) is 32.8 Å². The van der Waals surface area contributed by atoms with Crippen molar-refractivity contribution < 1.29 is 4.74 Å². The molecule has 2 heterocycles. The molecule has 1 aromatic rings. The molecule has 0 spiro atoms. The second-order valence-electron chi connectivity index (χ2n) is 4.77. The molecular formula is C14H21N3O. The van der Waals surface area contributed by atoms with E-state index in [1.807, 2.05) is 26.0 Å². The molecule has 0 atom stereocenters. The number of aliphatic imine (C=N–C) groups is 1. The van der Waals surface area contributed by atoms with E-state index in [9.17, 15) is 0 Å². The number of ether oxygens (including phenoxy) is 1. The van der Waals surface area contributed by atoms with Crippen LogP contribution in [0.3, 0.4) is 0 Å². The first-order valence-corrected chi connectivity index (χ1v) is 6.63.